The van der Waals surface area contributed by atoms with Crippen molar-refractivity contribution in [1.82, 2.24) is 9.88 Å². The second kappa shape index (κ2) is 4.70. The van der Waals surface area contributed by atoms with Crippen LogP contribution >= 0.6 is 11.3 Å². The number of piperazine rings is 1. The van der Waals surface area contributed by atoms with Crippen LogP contribution in [0, 0.1) is 0 Å². The van der Waals surface area contributed by atoms with Crippen molar-refractivity contribution >= 4 is 22.4 Å². The predicted molar refractivity (Wildman–Crippen MR) is 79.7 cm³/mol. The average Bonchev–Trinajstić information content (AvgIpc) is 2.91. The lowest BCUT2D eigenvalue weighted by Gasteiger charge is -2.45. The van der Waals surface area contributed by atoms with Crippen LogP contribution in [0.2, 0.25) is 0 Å². The van der Waals surface area contributed by atoms with Crippen LogP contribution in [0.3, 0.4) is 0 Å². The quantitative estimate of drug-likeness (QED) is 0.901. The fourth-order valence-corrected chi connectivity index (χ4v) is 4.16. The molecule has 3 rings (SSSR count). The van der Waals surface area contributed by atoms with E-state index in [2.05, 4.69) is 35.7 Å². The van der Waals surface area contributed by atoms with Gasteiger partial charge in [0.25, 0.3) is 0 Å². The normalized spacial score (nSPS) is 25.8. The van der Waals surface area contributed by atoms with Gasteiger partial charge in [-0.1, -0.05) is 0 Å². The minimum absolute atomic E-state index is 0.126. The number of carboxylic acid groups (broad SMARTS) is 1. The molecule has 1 fully saturated rings. The highest BCUT2D eigenvalue weighted by atomic mass is 32.1. The van der Waals surface area contributed by atoms with Crippen molar-refractivity contribution < 1.29 is 9.90 Å². The summed E-state index contributed by atoms with van der Waals surface area (Å²) in [7, 11) is 2.15. The molecule has 1 unspecified atom stereocenters. The van der Waals surface area contributed by atoms with Crippen LogP contribution in [0.4, 0.5) is 5.13 Å². The van der Waals surface area contributed by atoms with Crippen molar-refractivity contribution in [1.29, 1.82) is 0 Å². The molecular formula is C14H21N3O2S. The first-order chi connectivity index (χ1) is 9.38. The van der Waals surface area contributed by atoms with E-state index in [-0.39, 0.29) is 5.54 Å². The lowest BCUT2D eigenvalue weighted by Crippen LogP contribution is -2.57. The van der Waals surface area contributed by atoms with Gasteiger partial charge in [0.15, 0.2) is 5.13 Å². The summed E-state index contributed by atoms with van der Waals surface area (Å²) >= 11 is 1.68. The van der Waals surface area contributed by atoms with Crippen LogP contribution in [-0.4, -0.2) is 53.2 Å². The molecule has 1 aliphatic carbocycles. The molecule has 1 aromatic heterocycles. The average molecular weight is 295 g/mol. The van der Waals surface area contributed by atoms with E-state index in [1.54, 1.807) is 11.3 Å². The Labute approximate surface area is 123 Å². The summed E-state index contributed by atoms with van der Waals surface area (Å²) in [6.45, 7) is 7.39. The van der Waals surface area contributed by atoms with E-state index in [0.717, 1.165) is 36.9 Å². The number of hydrogen-bond acceptors (Lipinski definition) is 5. The second-order valence-electron chi connectivity index (χ2n) is 6.39. The number of nitrogens with zero attached hydrogens (tertiary/aromatic N) is 3. The Balaban J connectivity index is 1.83. The number of anilines is 1. The molecule has 1 atom stereocenters. The number of aromatic nitrogens is 1. The Morgan fingerprint density at radius 3 is 2.85 bits per heavy atom. The molecule has 5 nitrogen and oxygen atoms in total. The highest BCUT2D eigenvalue weighted by Gasteiger charge is 2.36. The maximum Gasteiger partial charge on any atom is 0.312 e. The molecule has 1 aromatic rings. The summed E-state index contributed by atoms with van der Waals surface area (Å²) < 4.78 is 0. The largest absolute Gasteiger partial charge is 0.481 e. The molecular weight excluding hydrogens is 274 g/mol. The van der Waals surface area contributed by atoms with E-state index in [9.17, 15) is 9.90 Å². The molecule has 0 amide bonds. The fourth-order valence-electron chi connectivity index (χ4n) is 2.99. The second-order valence-corrected chi connectivity index (χ2v) is 7.45. The fraction of sp³-hybridized carbons (Fsp3) is 0.714. The number of rotatable bonds is 2. The van der Waals surface area contributed by atoms with Crippen molar-refractivity contribution in [3.05, 3.63) is 10.6 Å². The molecule has 0 spiro atoms. The molecule has 1 N–H and O–H groups in total. The topological polar surface area (TPSA) is 56.7 Å². The Kier molecular flexibility index (Phi) is 3.25. The van der Waals surface area contributed by atoms with Crippen molar-refractivity contribution in [2.24, 2.45) is 0 Å². The summed E-state index contributed by atoms with van der Waals surface area (Å²) in [5.41, 5.74) is 0.940. The molecule has 1 aliphatic heterocycles. The minimum Gasteiger partial charge on any atom is -0.481 e. The number of aliphatic carboxylic acids is 1. The Morgan fingerprint density at radius 1 is 1.45 bits per heavy atom. The molecule has 20 heavy (non-hydrogen) atoms. The number of thiazole rings is 1. The lowest BCUT2D eigenvalue weighted by atomic mass is 10.0. The van der Waals surface area contributed by atoms with Gasteiger partial charge in [-0.2, -0.15) is 0 Å². The standard InChI is InChI=1S/C14H21N3O2S/c1-14(2)8-17(7-6-16(14)3)13-15-11-9(12(18)19)4-5-10(11)20-13/h9H,4-8H2,1-3H3,(H,18,19). The van der Waals surface area contributed by atoms with Gasteiger partial charge in [-0.3, -0.25) is 9.69 Å². The van der Waals surface area contributed by atoms with Crippen molar-refractivity contribution in [3.8, 4) is 0 Å². The van der Waals surface area contributed by atoms with Gasteiger partial charge in [0.2, 0.25) is 0 Å². The zero-order valence-electron chi connectivity index (χ0n) is 12.2. The molecule has 2 aliphatic rings. The smallest absolute Gasteiger partial charge is 0.312 e. The van der Waals surface area contributed by atoms with Crippen LogP contribution < -0.4 is 4.90 Å². The van der Waals surface area contributed by atoms with Gasteiger partial charge >= 0.3 is 5.97 Å². The predicted octanol–water partition coefficient (Wildman–Crippen LogP) is 1.79. The maximum absolute atomic E-state index is 11.2. The number of fused-ring (bicyclic) bond motifs is 1. The van der Waals surface area contributed by atoms with Crippen molar-refractivity contribution in [2.45, 2.75) is 38.1 Å². The van der Waals surface area contributed by atoms with Gasteiger partial charge < -0.3 is 10.0 Å². The number of carbonyl (C=O) groups is 1. The van der Waals surface area contributed by atoms with Crippen LogP contribution in [-0.2, 0) is 11.2 Å². The van der Waals surface area contributed by atoms with Crippen molar-refractivity contribution in [3.63, 3.8) is 0 Å². The van der Waals surface area contributed by atoms with Crippen molar-refractivity contribution in [2.75, 3.05) is 31.6 Å². The Morgan fingerprint density at radius 2 is 2.20 bits per heavy atom. The van der Waals surface area contributed by atoms with E-state index in [1.807, 2.05) is 0 Å². The monoisotopic (exact) mass is 295 g/mol. The number of likely N-dealkylation sites (N-methyl/N-ethyl adjacent to an activating group) is 1. The molecule has 2 heterocycles. The maximum atomic E-state index is 11.2. The van der Waals surface area contributed by atoms with E-state index in [1.165, 1.54) is 4.88 Å². The molecule has 0 aromatic carbocycles. The van der Waals surface area contributed by atoms with Gasteiger partial charge in [0.05, 0.1) is 5.69 Å². The zero-order valence-corrected chi connectivity index (χ0v) is 13.0. The molecule has 0 saturated carbocycles. The Hall–Kier alpha value is -1.14. The summed E-state index contributed by atoms with van der Waals surface area (Å²) in [5.74, 6) is -1.13. The van der Waals surface area contributed by atoms with Crippen LogP contribution in [0.25, 0.3) is 0 Å². The first kappa shape index (κ1) is 13.8. The SMILES string of the molecule is CN1CCN(c2nc3c(s2)CCC3C(=O)O)CC1(C)C. The number of aryl methyl sites for hydroxylation is 1. The van der Waals surface area contributed by atoms with Gasteiger partial charge in [0.1, 0.15) is 5.92 Å². The van der Waals surface area contributed by atoms with Gasteiger partial charge in [0, 0.05) is 30.1 Å². The first-order valence-electron chi connectivity index (χ1n) is 7.07. The summed E-state index contributed by atoms with van der Waals surface area (Å²) in [6.07, 6.45) is 1.57. The highest BCUT2D eigenvalue weighted by molar-refractivity contribution is 7.15. The molecule has 0 bridgehead atoms. The third-order valence-electron chi connectivity index (χ3n) is 4.59. The molecule has 1 saturated heterocycles. The summed E-state index contributed by atoms with van der Waals surface area (Å²) in [6, 6.07) is 0. The Bertz CT molecular complexity index is 541. The molecule has 6 heteroatoms. The van der Waals surface area contributed by atoms with E-state index >= 15 is 0 Å². The summed E-state index contributed by atoms with van der Waals surface area (Å²) in [4.78, 5) is 21.7. The van der Waals surface area contributed by atoms with Gasteiger partial charge in [-0.15, -0.1) is 11.3 Å². The van der Waals surface area contributed by atoms with Crippen LogP contribution in [0.5, 0.6) is 0 Å². The van der Waals surface area contributed by atoms with Crippen LogP contribution in [0.15, 0.2) is 0 Å². The first-order valence-corrected chi connectivity index (χ1v) is 7.89. The van der Waals surface area contributed by atoms with E-state index < -0.39 is 11.9 Å². The third kappa shape index (κ3) is 2.20. The molecule has 0 radical (unpaired) electrons. The van der Waals surface area contributed by atoms with Gasteiger partial charge in [-0.05, 0) is 33.7 Å². The lowest BCUT2D eigenvalue weighted by molar-refractivity contribution is -0.138. The van der Waals surface area contributed by atoms with E-state index in [0.29, 0.717) is 6.42 Å². The van der Waals surface area contributed by atoms with Gasteiger partial charge in [-0.25, -0.2) is 4.98 Å². The van der Waals surface area contributed by atoms with E-state index in [4.69, 9.17) is 0 Å². The summed E-state index contributed by atoms with van der Waals surface area (Å²) in [5, 5.41) is 10.2. The molecule has 110 valence electrons. The zero-order chi connectivity index (χ0) is 14.5. The number of carboxylic acids is 1. The highest BCUT2D eigenvalue weighted by Crippen LogP contribution is 2.40. The minimum atomic E-state index is -0.737. The number of hydrogen-bond donors (Lipinski definition) is 1. The third-order valence-corrected chi connectivity index (χ3v) is 5.78. The van der Waals surface area contributed by atoms with Crippen LogP contribution in [0.1, 0.15) is 36.8 Å².